The van der Waals surface area contributed by atoms with Gasteiger partial charge in [0.1, 0.15) is 11.5 Å². The molecule has 0 N–H and O–H groups in total. The summed E-state index contributed by atoms with van der Waals surface area (Å²) in [5, 5.41) is 9.38. The number of carbonyl (C=O) groups excluding carboxylic acids is 1. The van der Waals surface area contributed by atoms with Gasteiger partial charge in [0.15, 0.2) is 11.0 Å². The predicted octanol–water partition coefficient (Wildman–Crippen LogP) is 3.99. The van der Waals surface area contributed by atoms with Crippen molar-refractivity contribution in [3.63, 3.8) is 0 Å². The van der Waals surface area contributed by atoms with Gasteiger partial charge in [0, 0.05) is 12.3 Å². The number of carbonyl (C=O) groups is 1. The molecule has 28 heavy (non-hydrogen) atoms. The smallest absolute Gasteiger partial charge is 0.337 e. The SMILES string of the molecule is C=CCn1c(SCCOc2cccc(C(=O)OC)c2)nnc1-c1ccoc1C. The molecular weight excluding hydrogens is 378 g/mol. The average Bonchev–Trinajstić information content (AvgIpc) is 3.31. The fourth-order valence-electron chi connectivity index (χ4n) is 2.63. The standard InChI is InChI=1S/C20H21N3O4S/c1-4-9-23-18(17-8-10-26-14(17)2)21-22-20(23)28-12-11-27-16-7-5-6-15(13-16)19(24)25-3/h4-8,10,13H,1,9,11-12H2,2-3H3. The maximum atomic E-state index is 11.6. The average molecular weight is 399 g/mol. The normalized spacial score (nSPS) is 10.6. The first-order chi connectivity index (χ1) is 13.6. The van der Waals surface area contributed by atoms with E-state index in [1.54, 1.807) is 36.6 Å². The third-order valence-corrected chi connectivity index (χ3v) is 4.90. The van der Waals surface area contributed by atoms with Gasteiger partial charge in [-0.25, -0.2) is 4.79 Å². The summed E-state index contributed by atoms with van der Waals surface area (Å²) in [7, 11) is 1.35. The first-order valence-corrected chi connectivity index (χ1v) is 9.65. The van der Waals surface area contributed by atoms with E-state index in [0.717, 1.165) is 22.3 Å². The molecule has 7 nitrogen and oxygen atoms in total. The first-order valence-electron chi connectivity index (χ1n) is 8.66. The number of benzene rings is 1. The van der Waals surface area contributed by atoms with Gasteiger partial charge >= 0.3 is 5.97 Å². The molecule has 0 aliphatic rings. The predicted molar refractivity (Wildman–Crippen MR) is 107 cm³/mol. The largest absolute Gasteiger partial charge is 0.493 e. The van der Waals surface area contributed by atoms with Crippen LogP contribution in [0.5, 0.6) is 5.75 Å². The van der Waals surface area contributed by atoms with Gasteiger partial charge < -0.3 is 13.9 Å². The zero-order valence-corrected chi connectivity index (χ0v) is 16.6. The minimum atomic E-state index is -0.389. The van der Waals surface area contributed by atoms with Crippen molar-refractivity contribution in [1.82, 2.24) is 14.8 Å². The minimum Gasteiger partial charge on any atom is -0.493 e. The first kappa shape index (κ1) is 19.8. The third kappa shape index (κ3) is 4.45. The number of aromatic nitrogens is 3. The lowest BCUT2D eigenvalue weighted by atomic mass is 10.2. The van der Waals surface area contributed by atoms with Crippen LogP contribution in [0.15, 0.2) is 58.8 Å². The van der Waals surface area contributed by atoms with E-state index in [2.05, 4.69) is 16.8 Å². The summed E-state index contributed by atoms with van der Waals surface area (Å²) in [5.41, 5.74) is 1.37. The highest BCUT2D eigenvalue weighted by Gasteiger charge is 2.16. The van der Waals surface area contributed by atoms with Crippen LogP contribution in [0, 0.1) is 6.92 Å². The van der Waals surface area contributed by atoms with Crippen LogP contribution < -0.4 is 4.74 Å². The van der Waals surface area contributed by atoms with Gasteiger partial charge in [0.2, 0.25) is 0 Å². The molecule has 2 heterocycles. The van der Waals surface area contributed by atoms with Gasteiger partial charge in [-0.2, -0.15) is 0 Å². The molecule has 1 aromatic carbocycles. The lowest BCUT2D eigenvalue weighted by Gasteiger charge is -2.09. The third-order valence-electron chi connectivity index (χ3n) is 3.97. The van der Waals surface area contributed by atoms with Crippen molar-refractivity contribution >= 4 is 17.7 Å². The Kier molecular flexibility index (Phi) is 6.54. The van der Waals surface area contributed by atoms with Gasteiger partial charge in [-0.05, 0) is 31.2 Å². The molecule has 3 rings (SSSR count). The van der Waals surface area contributed by atoms with E-state index in [1.165, 1.54) is 18.9 Å². The molecule has 0 bridgehead atoms. The Morgan fingerprint density at radius 1 is 1.36 bits per heavy atom. The van der Waals surface area contributed by atoms with Crippen LogP contribution in [0.4, 0.5) is 0 Å². The molecule has 0 saturated carbocycles. The topological polar surface area (TPSA) is 79.4 Å². The van der Waals surface area contributed by atoms with E-state index in [4.69, 9.17) is 13.9 Å². The lowest BCUT2D eigenvalue weighted by molar-refractivity contribution is 0.0600. The fourth-order valence-corrected chi connectivity index (χ4v) is 3.39. The number of nitrogens with zero attached hydrogens (tertiary/aromatic N) is 3. The molecule has 0 unspecified atom stereocenters. The number of ether oxygens (including phenoxy) is 2. The fraction of sp³-hybridized carbons (Fsp3) is 0.250. The molecule has 0 aliphatic carbocycles. The summed E-state index contributed by atoms with van der Waals surface area (Å²) in [5.74, 6) is 2.44. The highest BCUT2D eigenvalue weighted by molar-refractivity contribution is 7.99. The molecule has 8 heteroatoms. The maximum absolute atomic E-state index is 11.6. The Bertz CT molecular complexity index is 964. The molecule has 3 aromatic rings. The molecule has 0 amide bonds. The van der Waals surface area contributed by atoms with Crippen molar-refractivity contribution in [2.24, 2.45) is 0 Å². The number of thioether (sulfide) groups is 1. The second kappa shape index (κ2) is 9.27. The molecular formula is C20H21N3O4S. The van der Waals surface area contributed by atoms with E-state index in [9.17, 15) is 4.79 Å². The Morgan fingerprint density at radius 2 is 2.21 bits per heavy atom. The second-order valence-corrected chi connectivity index (χ2v) is 6.87. The van der Waals surface area contributed by atoms with Gasteiger partial charge in [-0.3, -0.25) is 4.57 Å². The Morgan fingerprint density at radius 3 is 2.93 bits per heavy atom. The number of furan rings is 1. The Hall–Kier alpha value is -3.00. The number of methoxy groups -OCH3 is 1. The van der Waals surface area contributed by atoms with E-state index in [1.807, 2.05) is 17.6 Å². The summed E-state index contributed by atoms with van der Waals surface area (Å²) < 4.78 is 17.8. The Labute approximate surface area is 167 Å². The number of hydrogen-bond acceptors (Lipinski definition) is 7. The molecule has 0 saturated heterocycles. The van der Waals surface area contributed by atoms with Gasteiger partial charge in [-0.1, -0.05) is 23.9 Å². The molecule has 0 atom stereocenters. The van der Waals surface area contributed by atoms with Crippen LogP contribution in [0.2, 0.25) is 0 Å². The highest BCUT2D eigenvalue weighted by Crippen LogP contribution is 2.27. The number of hydrogen-bond donors (Lipinski definition) is 0. The van der Waals surface area contributed by atoms with Crippen LogP contribution in [0.3, 0.4) is 0 Å². The quantitative estimate of drug-likeness (QED) is 0.233. The van der Waals surface area contributed by atoms with Crippen molar-refractivity contribution in [3.8, 4) is 17.1 Å². The van der Waals surface area contributed by atoms with Crippen molar-refractivity contribution in [3.05, 3.63) is 60.6 Å². The molecule has 0 fully saturated rings. The minimum absolute atomic E-state index is 0.389. The molecule has 0 radical (unpaired) electrons. The molecule has 0 spiro atoms. The van der Waals surface area contributed by atoms with Crippen LogP contribution in [-0.4, -0.2) is 40.2 Å². The van der Waals surface area contributed by atoms with Crippen molar-refractivity contribution in [2.75, 3.05) is 19.5 Å². The zero-order chi connectivity index (χ0) is 19.9. The van der Waals surface area contributed by atoms with E-state index >= 15 is 0 Å². The molecule has 2 aromatic heterocycles. The van der Waals surface area contributed by atoms with Crippen LogP contribution in [0.1, 0.15) is 16.1 Å². The number of rotatable bonds is 9. The van der Waals surface area contributed by atoms with Gasteiger partial charge in [-0.15, -0.1) is 16.8 Å². The van der Waals surface area contributed by atoms with Crippen LogP contribution in [0.25, 0.3) is 11.4 Å². The second-order valence-electron chi connectivity index (χ2n) is 5.81. The summed E-state index contributed by atoms with van der Waals surface area (Å²) in [6.45, 7) is 6.76. The monoisotopic (exact) mass is 399 g/mol. The number of aryl methyl sites for hydroxylation is 1. The van der Waals surface area contributed by atoms with Crippen LogP contribution >= 0.6 is 11.8 Å². The van der Waals surface area contributed by atoms with E-state index in [-0.39, 0.29) is 5.97 Å². The summed E-state index contributed by atoms with van der Waals surface area (Å²) in [4.78, 5) is 11.6. The summed E-state index contributed by atoms with van der Waals surface area (Å²) in [6.07, 6.45) is 3.45. The van der Waals surface area contributed by atoms with Crippen molar-refractivity contribution in [1.29, 1.82) is 0 Å². The van der Waals surface area contributed by atoms with Crippen molar-refractivity contribution < 1.29 is 18.7 Å². The number of esters is 1. The highest BCUT2D eigenvalue weighted by atomic mass is 32.2. The summed E-state index contributed by atoms with van der Waals surface area (Å²) in [6, 6.07) is 8.79. The lowest BCUT2D eigenvalue weighted by Crippen LogP contribution is -2.05. The Balaban J connectivity index is 1.62. The van der Waals surface area contributed by atoms with Gasteiger partial charge in [0.05, 0.1) is 31.1 Å². The summed E-state index contributed by atoms with van der Waals surface area (Å²) >= 11 is 1.54. The van der Waals surface area contributed by atoms with Crippen LogP contribution in [-0.2, 0) is 11.3 Å². The maximum Gasteiger partial charge on any atom is 0.337 e. The van der Waals surface area contributed by atoms with E-state index in [0.29, 0.717) is 30.2 Å². The van der Waals surface area contributed by atoms with Gasteiger partial charge in [0.25, 0.3) is 0 Å². The number of allylic oxidation sites excluding steroid dienone is 1. The molecule has 0 aliphatic heterocycles. The van der Waals surface area contributed by atoms with E-state index < -0.39 is 0 Å². The van der Waals surface area contributed by atoms with Crippen molar-refractivity contribution in [2.45, 2.75) is 18.6 Å². The zero-order valence-electron chi connectivity index (χ0n) is 15.8. The molecule has 146 valence electrons.